The van der Waals surface area contributed by atoms with Crippen LogP contribution in [0.15, 0.2) is 27.1 Å². The van der Waals surface area contributed by atoms with Crippen molar-refractivity contribution in [1.29, 1.82) is 0 Å². The van der Waals surface area contributed by atoms with Crippen molar-refractivity contribution < 1.29 is 18.3 Å². The molecule has 0 aliphatic heterocycles. The summed E-state index contributed by atoms with van der Waals surface area (Å²) in [6.45, 7) is 0. The smallest absolute Gasteiger partial charge is 0.373 e. The highest BCUT2D eigenvalue weighted by atomic mass is 79.9. The maximum absolute atomic E-state index is 13.0. The molecule has 0 radical (unpaired) electrons. The minimum atomic E-state index is -0.585. The number of hydrogen-bond donors (Lipinski definition) is 0. The van der Waals surface area contributed by atoms with Gasteiger partial charge in [-0.15, -0.1) is 0 Å². The van der Waals surface area contributed by atoms with E-state index >= 15 is 0 Å². The summed E-state index contributed by atoms with van der Waals surface area (Å²) in [6, 6.07) is 4.02. The van der Waals surface area contributed by atoms with E-state index in [-0.39, 0.29) is 5.76 Å². The van der Waals surface area contributed by atoms with Crippen molar-refractivity contribution in [1.82, 2.24) is 0 Å². The number of carbonyl (C=O) groups is 1. The van der Waals surface area contributed by atoms with Gasteiger partial charge in [0.05, 0.1) is 7.11 Å². The highest BCUT2D eigenvalue weighted by Crippen LogP contribution is 2.28. The molecule has 0 amide bonds. The van der Waals surface area contributed by atoms with Gasteiger partial charge in [0.1, 0.15) is 11.4 Å². The van der Waals surface area contributed by atoms with Crippen LogP contribution >= 0.6 is 15.9 Å². The van der Waals surface area contributed by atoms with Crippen molar-refractivity contribution >= 4 is 32.9 Å². The molecule has 0 unspecified atom stereocenters. The van der Waals surface area contributed by atoms with E-state index in [2.05, 4.69) is 20.7 Å². The molecule has 3 nitrogen and oxygen atoms in total. The highest BCUT2D eigenvalue weighted by Gasteiger charge is 2.14. The Kier molecular flexibility index (Phi) is 2.48. The Balaban J connectivity index is 2.65. The van der Waals surface area contributed by atoms with Gasteiger partial charge in [-0.3, -0.25) is 0 Å². The molecule has 0 saturated heterocycles. The monoisotopic (exact) mass is 272 g/mol. The molecule has 0 N–H and O–H groups in total. The molecule has 1 aromatic heterocycles. The number of rotatable bonds is 1. The SMILES string of the molecule is COC(=O)c1cc2c(Br)cc(F)cc2o1. The van der Waals surface area contributed by atoms with Gasteiger partial charge in [0.2, 0.25) is 5.76 Å². The third-order valence-corrected chi connectivity index (χ3v) is 2.59. The minimum Gasteiger partial charge on any atom is -0.463 e. The number of ether oxygens (including phenoxy) is 1. The molecule has 0 bridgehead atoms. The number of methoxy groups -OCH3 is 1. The normalized spacial score (nSPS) is 10.6. The lowest BCUT2D eigenvalue weighted by atomic mass is 10.2. The quantitative estimate of drug-likeness (QED) is 0.749. The van der Waals surface area contributed by atoms with Crippen molar-refractivity contribution in [3.8, 4) is 0 Å². The third-order valence-electron chi connectivity index (χ3n) is 1.94. The molecule has 0 spiro atoms. The summed E-state index contributed by atoms with van der Waals surface area (Å²) in [4.78, 5) is 11.2. The molecular weight excluding hydrogens is 267 g/mol. The molecule has 2 rings (SSSR count). The van der Waals surface area contributed by atoms with Gasteiger partial charge in [0.15, 0.2) is 0 Å². The second-order valence-electron chi connectivity index (χ2n) is 2.90. The van der Waals surface area contributed by atoms with Crippen LogP contribution in [0.3, 0.4) is 0 Å². The summed E-state index contributed by atoms with van der Waals surface area (Å²) in [6.07, 6.45) is 0. The van der Waals surface area contributed by atoms with Gasteiger partial charge >= 0.3 is 5.97 Å². The Morgan fingerprint density at radius 2 is 2.20 bits per heavy atom. The predicted octanol–water partition coefficient (Wildman–Crippen LogP) is 3.12. The van der Waals surface area contributed by atoms with Crippen LogP contribution in [0.4, 0.5) is 4.39 Å². The molecular formula is C10H6BrFO3. The molecule has 1 aromatic carbocycles. The lowest BCUT2D eigenvalue weighted by Gasteiger charge is -1.92. The maximum atomic E-state index is 13.0. The topological polar surface area (TPSA) is 39.4 Å². The van der Waals surface area contributed by atoms with Crippen LogP contribution in [0, 0.1) is 5.82 Å². The first kappa shape index (κ1) is 10.2. The summed E-state index contributed by atoms with van der Waals surface area (Å²) >= 11 is 3.18. The average molecular weight is 273 g/mol. The number of benzene rings is 1. The van der Waals surface area contributed by atoms with E-state index in [0.717, 1.165) is 0 Å². The Morgan fingerprint density at radius 3 is 2.87 bits per heavy atom. The van der Waals surface area contributed by atoms with Gasteiger partial charge in [-0.1, -0.05) is 0 Å². The lowest BCUT2D eigenvalue weighted by molar-refractivity contribution is 0.0567. The fraction of sp³-hybridized carbons (Fsp3) is 0.100. The number of fused-ring (bicyclic) bond motifs is 1. The van der Waals surface area contributed by atoms with Gasteiger partial charge in [0.25, 0.3) is 0 Å². The van der Waals surface area contributed by atoms with Crippen LogP contribution in [-0.2, 0) is 4.74 Å². The average Bonchev–Trinajstić information content (AvgIpc) is 2.60. The highest BCUT2D eigenvalue weighted by molar-refractivity contribution is 9.10. The molecule has 0 atom stereocenters. The van der Waals surface area contributed by atoms with Gasteiger partial charge in [-0.05, 0) is 22.0 Å². The van der Waals surface area contributed by atoms with Gasteiger partial charge in [0, 0.05) is 22.0 Å². The molecule has 5 heteroatoms. The largest absolute Gasteiger partial charge is 0.463 e. The Morgan fingerprint density at radius 1 is 1.47 bits per heavy atom. The van der Waals surface area contributed by atoms with E-state index in [0.29, 0.717) is 15.4 Å². The first-order chi connectivity index (χ1) is 7.11. The van der Waals surface area contributed by atoms with Crippen molar-refractivity contribution in [3.05, 3.63) is 34.2 Å². The Hall–Kier alpha value is -1.36. The molecule has 0 aliphatic rings. The van der Waals surface area contributed by atoms with Crippen LogP contribution in [0.2, 0.25) is 0 Å². The fourth-order valence-corrected chi connectivity index (χ4v) is 1.79. The van der Waals surface area contributed by atoms with Gasteiger partial charge < -0.3 is 9.15 Å². The van der Waals surface area contributed by atoms with Crippen LogP contribution in [0.25, 0.3) is 11.0 Å². The van der Waals surface area contributed by atoms with Gasteiger partial charge in [-0.2, -0.15) is 0 Å². The van der Waals surface area contributed by atoms with Crippen LogP contribution < -0.4 is 0 Å². The summed E-state index contributed by atoms with van der Waals surface area (Å²) in [5, 5.41) is 0.636. The van der Waals surface area contributed by atoms with E-state index in [4.69, 9.17) is 4.42 Å². The van der Waals surface area contributed by atoms with Crippen molar-refractivity contribution in [2.45, 2.75) is 0 Å². The van der Waals surface area contributed by atoms with E-state index in [1.54, 1.807) is 0 Å². The first-order valence-corrected chi connectivity index (χ1v) is 4.88. The molecule has 0 fully saturated rings. The number of furan rings is 1. The number of esters is 1. The van der Waals surface area contributed by atoms with Crippen molar-refractivity contribution in [3.63, 3.8) is 0 Å². The minimum absolute atomic E-state index is 0.0544. The second-order valence-corrected chi connectivity index (χ2v) is 3.76. The molecule has 0 aliphatic carbocycles. The Bertz CT molecular complexity index is 533. The van der Waals surface area contributed by atoms with E-state index < -0.39 is 11.8 Å². The second kappa shape index (κ2) is 3.66. The molecule has 15 heavy (non-hydrogen) atoms. The summed E-state index contributed by atoms with van der Waals surface area (Å²) in [7, 11) is 1.26. The number of hydrogen-bond acceptors (Lipinski definition) is 3. The van der Waals surface area contributed by atoms with E-state index in [1.807, 2.05) is 0 Å². The maximum Gasteiger partial charge on any atom is 0.373 e. The van der Waals surface area contributed by atoms with Crippen molar-refractivity contribution in [2.24, 2.45) is 0 Å². The lowest BCUT2D eigenvalue weighted by Crippen LogP contribution is -1.97. The van der Waals surface area contributed by atoms with E-state index in [1.165, 1.54) is 25.3 Å². The zero-order chi connectivity index (χ0) is 11.0. The van der Waals surface area contributed by atoms with Gasteiger partial charge in [-0.25, -0.2) is 9.18 Å². The standard InChI is InChI=1S/C10H6BrFO3/c1-14-10(13)9-4-6-7(11)2-5(12)3-8(6)15-9/h2-4H,1H3. The van der Waals surface area contributed by atoms with Crippen LogP contribution in [0.5, 0.6) is 0 Å². The molecule has 1 heterocycles. The fourth-order valence-electron chi connectivity index (χ4n) is 1.27. The molecule has 0 saturated carbocycles. The summed E-state index contributed by atoms with van der Waals surface area (Å²) in [5.74, 6) is -0.961. The third kappa shape index (κ3) is 1.74. The van der Waals surface area contributed by atoms with Crippen LogP contribution in [0.1, 0.15) is 10.6 Å². The summed E-state index contributed by atoms with van der Waals surface area (Å²) in [5.41, 5.74) is 0.308. The molecule has 78 valence electrons. The van der Waals surface area contributed by atoms with Crippen molar-refractivity contribution in [2.75, 3.05) is 7.11 Å². The molecule has 2 aromatic rings. The zero-order valence-corrected chi connectivity index (χ0v) is 9.30. The number of halogens is 2. The first-order valence-electron chi connectivity index (χ1n) is 4.08. The zero-order valence-electron chi connectivity index (χ0n) is 7.71. The predicted molar refractivity (Wildman–Crippen MR) is 55.2 cm³/mol. The van der Waals surface area contributed by atoms with E-state index in [9.17, 15) is 9.18 Å². The number of carbonyl (C=O) groups excluding carboxylic acids is 1. The van der Waals surface area contributed by atoms with Crippen LogP contribution in [-0.4, -0.2) is 13.1 Å². The summed E-state index contributed by atoms with van der Waals surface area (Å²) < 4.78 is 23.2. The Labute approximate surface area is 92.9 Å².